The van der Waals surface area contributed by atoms with Crippen molar-refractivity contribution in [1.29, 1.82) is 0 Å². The van der Waals surface area contributed by atoms with Crippen molar-refractivity contribution in [3.05, 3.63) is 12.4 Å². The fourth-order valence-electron chi connectivity index (χ4n) is 2.67. The molecule has 0 amide bonds. The Morgan fingerprint density at radius 2 is 2.05 bits per heavy atom. The van der Waals surface area contributed by atoms with Crippen LogP contribution in [0, 0.1) is 0 Å². The molecule has 1 aliphatic heterocycles. The van der Waals surface area contributed by atoms with Gasteiger partial charge in [-0.2, -0.15) is 0 Å². The van der Waals surface area contributed by atoms with Crippen LogP contribution in [-0.2, 0) is 0 Å². The van der Waals surface area contributed by atoms with Crippen molar-refractivity contribution in [2.45, 2.75) is 50.6 Å². The number of nitrogens with one attached hydrogen (secondary N) is 3. The molecule has 0 aromatic carbocycles. The zero-order valence-electron chi connectivity index (χ0n) is 11.4. The highest BCUT2D eigenvalue weighted by Gasteiger charge is 2.17. The summed E-state index contributed by atoms with van der Waals surface area (Å²) in [6.45, 7) is 2.14. The maximum atomic E-state index is 4.27. The van der Waals surface area contributed by atoms with Crippen LogP contribution in [0.1, 0.15) is 38.5 Å². The number of nitrogens with zero attached hydrogens (tertiary/aromatic N) is 2. The maximum absolute atomic E-state index is 4.27. The van der Waals surface area contributed by atoms with Crippen molar-refractivity contribution in [3.63, 3.8) is 0 Å². The fraction of sp³-hybridized carbons (Fsp3) is 0.714. The summed E-state index contributed by atoms with van der Waals surface area (Å²) in [4.78, 5) is 8.54. The van der Waals surface area contributed by atoms with Crippen LogP contribution in [0.15, 0.2) is 12.4 Å². The van der Waals surface area contributed by atoms with Crippen LogP contribution < -0.4 is 16.0 Å². The molecule has 1 aliphatic carbocycles. The van der Waals surface area contributed by atoms with Crippen LogP contribution in [-0.4, -0.2) is 35.1 Å². The highest BCUT2D eigenvalue weighted by Crippen LogP contribution is 2.22. The minimum Gasteiger partial charge on any atom is -0.370 e. The van der Waals surface area contributed by atoms with E-state index in [9.17, 15) is 0 Å². The molecule has 3 N–H and O–H groups in total. The summed E-state index contributed by atoms with van der Waals surface area (Å²) < 4.78 is 0. The lowest BCUT2D eigenvalue weighted by molar-refractivity contribution is 0.444. The van der Waals surface area contributed by atoms with Crippen LogP contribution >= 0.6 is 0 Å². The predicted molar refractivity (Wildman–Crippen MR) is 77.4 cm³/mol. The van der Waals surface area contributed by atoms with Gasteiger partial charge in [-0.05, 0) is 45.1 Å². The fourth-order valence-corrected chi connectivity index (χ4v) is 2.67. The Hall–Kier alpha value is -1.36. The summed E-state index contributed by atoms with van der Waals surface area (Å²) in [5, 5.41) is 10.3. The summed E-state index contributed by atoms with van der Waals surface area (Å²) in [6.07, 6.45) is 9.28. The van der Waals surface area contributed by atoms with E-state index in [0.717, 1.165) is 24.6 Å². The van der Waals surface area contributed by atoms with E-state index in [4.69, 9.17) is 0 Å². The predicted octanol–water partition coefficient (Wildman–Crippen LogP) is 1.99. The molecular weight excluding hydrogens is 238 g/mol. The van der Waals surface area contributed by atoms with Gasteiger partial charge >= 0.3 is 0 Å². The Bertz CT molecular complexity index is 399. The topological polar surface area (TPSA) is 61.9 Å². The molecule has 2 heterocycles. The van der Waals surface area contributed by atoms with E-state index >= 15 is 0 Å². The van der Waals surface area contributed by atoms with Crippen molar-refractivity contribution in [1.82, 2.24) is 15.3 Å². The first-order valence-corrected chi connectivity index (χ1v) is 7.46. The van der Waals surface area contributed by atoms with Gasteiger partial charge in [0.05, 0.1) is 0 Å². The number of hydrogen-bond acceptors (Lipinski definition) is 5. The number of rotatable bonds is 6. The molecule has 104 valence electrons. The van der Waals surface area contributed by atoms with Crippen molar-refractivity contribution in [2.24, 2.45) is 0 Å². The normalized spacial score (nSPS) is 23.1. The van der Waals surface area contributed by atoms with Crippen LogP contribution in [0.2, 0.25) is 0 Å². The van der Waals surface area contributed by atoms with E-state index in [2.05, 4.69) is 25.9 Å². The molecule has 1 unspecified atom stereocenters. The average Bonchev–Trinajstić information content (AvgIpc) is 2.88. The third-order valence-electron chi connectivity index (χ3n) is 4.09. The van der Waals surface area contributed by atoms with Crippen LogP contribution in [0.25, 0.3) is 0 Å². The second kappa shape index (κ2) is 6.19. The van der Waals surface area contributed by atoms with Crippen molar-refractivity contribution in [2.75, 3.05) is 23.7 Å². The molecule has 2 fully saturated rings. The van der Waals surface area contributed by atoms with Gasteiger partial charge in [0.25, 0.3) is 0 Å². The largest absolute Gasteiger partial charge is 0.370 e. The molecule has 0 radical (unpaired) electrons. The first-order chi connectivity index (χ1) is 9.40. The summed E-state index contributed by atoms with van der Waals surface area (Å²) in [7, 11) is 0. The Morgan fingerprint density at radius 3 is 2.79 bits per heavy atom. The molecule has 1 atom stereocenters. The Kier molecular flexibility index (Phi) is 4.13. The summed E-state index contributed by atoms with van der Waals surface area (Å²) in [5.41, 5.74) is 0. The second-order valence-corrected chi connectivity index (χ2v) is 5.57. The number of aromatic nitrogens is 2. The van der Waals surface area contributed by atoms with Gasteiger partial charge in [-0.3, -0.25) is 0 Å². The maximum Gasteiger partial charge on any atom is 0.131 e. The van der Waals surface area contributed by atoms with Gasteiger partial charge < -0.3 is 16.0 Å². The van der Waals surface area contributed by atoms with E-state index in [0.29, 0.717) is 12.1 Å². The van der Waals surface area contributed by atoms with Crippen molar-refractivity contribution >= 4 is 11.6 Å². The van der Waals surface area contributed by atoms with Gasteiger partial charge in [-0.1, -0.05) is 0 Å². The zero-order chi connectivity index (χ0) is 12.9. The first kappa shape index (κ1) is 12.7. The smallest absolute Gasteiger partial charge is 0.131 e. The molecule has 19 heavy (non-hydrogen) atoms. The van der Waals surface area contributed by atoms with E-state index in [-0.39, 0.29) is 0 Å². The molecule has 1 aromatic heterocycles. The lowest BCUT2D eigenvalue weighted by Crippen LogP contribution is -2.27. The lowest BCUT2D eigenvalue weighted by atomic mass is 9.93. The third kappa shape index (κ3) is 3.56. The van der Waals surface area contributed by atoms with Gasteiger partial charge in [0, 0.05) is 24.7 Å². The Morgan fingerprint density at radius 1 is 1.16 bits per heavy atom. The molecular formula is C14H23N5. The minimum absolute atomic E-state index is 0.616. The standard InChI is InChI=1S/C14H23N5/c1-3-12(4-1)19-14-9-13(17-10-18-14)16-8-6-11-5-2-7-15-11/h9-12,15H,1-8H2,(H2,16,17,18,19). The Labute approximate surface area is 114 Å². The summed E-state index contributed by atoms with van der Waals surface area (Å²) in [5.74, 6) is 1.87. The highest BCUT2D eigenvalue weighted by molar-refractivity contribution is 5.47. The van der Waals surface area contributed by atoms with E-state index < -0.39 is 0 Å². The van der Waals surface area contributed by atoms with E-state index in [1.54, 1.807) is 6.33 Å². The van der Waals surface area contributed by atoms with Gasteiger partial charge in [0.1, 0.15) is 18.0 Å². The molecule has 3 rings (SSSR count). The first-order valence-electron chi connectivity index (χ1n) is 7.46. The van der Waals surface area contributed by atoms with Gasteiger partial charge in [0.15, 0.2) is 0 Å². The Balaban J connectivity index is 1.45. The van der Waals surface area contributed by atoms with E-state index in [1.807, 2.05) is 6.07 Å². The quantitative estimate of drug-likeness (QED) is 0.731. The molecule has 1 saturated carbocycles. The monoisotopic (exact) mass is 261 g/mol. The van der Waals surface area contributed by atoms with E-state index in [1.165, 1.54) is 38.6 Å². The molecule has 2 aliphatic rings. The summed E-state index contributed by atoms with van der Waals surface area (Å²) >= 11 is 0. The summed E-state index contributed by atoms with van der Waals surface area (Å²) in [6, 6.07) is 3.31. The van der Waals surface area contributed by atoms with Crippen molar-refractivity contribution < 1.29 is 0 Å². The third-order valence-corrected chi connectivity index (χ3v) is 4.09. The SMILES string of the molecule is c1nc(NCCC2CCCN2)cc(NC2CCC2)n1. The lowest BCUT2D eigenvalue weighted by Gasteiger charge is -2.26. The van der Waals surface area contributed by atoms with Crippen LogP contribution in [0.3, 0.4) is 0 Å². The highest BCUT2D eigenvalue weighted by atomic mass is 15.1. The van der Waals surface area contributed by atoms with Gasteiger partial charge in [-0.25, -0.2) is 9.97 Å². The second-order valence-electron chi connectivity index (χ2n) is 5.57. The number of anilines is 2. The van der Waals surface area contributed by atoms with Crippen LogP contribution in [0.4, 0.5) is 11.6 Å². The molecule has 5 heteroatoms. The van der Waals surface area contributed by atoms with Crippen molar-refractivity contribution in [3.8, 4) is 0 Å². The molecule has 0 bridgehead atoms. The molecule has 0 spiro atoms. The molecule has 1 saturated heterocycles. The minimum atomic E-state index is 0.616. The molecule has 5 nitrogen and oxygen atoms in total. The van der Waals surface area contributed by atoms with Gasteiger partial charge in [-0.15, -0.1) is 0 Å². The zero-order valence-corrected chi connectivity index (χ0v) is 11.4. The number of hydrogen-bond donors (Lipinski definition) is 3. The van der Waals surface area contributed by atoms with Gasteiger partial charge in [0.2, 0.25) is 0 Å². The van der Waals surface area contributed by atoms with Crippen LogP contribution in [0.5, 0.6) is 0 Å². The molecule has 1 aromatic rings. The average molecular weight is 261 g/mol.